The number of hydrogen-bond donors (Lipinski definition) is 0. The SMILES string of the molecule is c1ccc2c(c1)C1=c3ccccc3=C3C14COCCOCCOCCOCCOCCOCC324. The van der Waals surface area contributed by atoms with E-state index in [1.165, 1.54) is 32.7 Å². The van der Waals surface area contributed by atoms with Crippen molar-refractivity contribution in [2.75, 3.05) is 79.3 Å². The van der Waals surface area contributed by atoms with E-state index >= 15 is 0 Å². The average molecular weight is 465 g/mol. The Balaban J connectivity index is 1.28. The molecular formula is C28H32O6. The smallest absolute Gasteiger partial charge is 0.0701 e. The lowest BCUT2D eigenvalue weighted by atomic mass is 9.90. The summed E-state index contributed by atoms with van der Waals surface area (Å²) in [6, 6.07) is 17.6. The van der Waals surface area contributed by atoms with Gasteiger partial charge in [0.25, 0.3) is 0 Å². The maximum absolute atomic E-state index is 6.30. The van der Waals surface area contributed by atoms with E-state index in [1.807, 2.05) is 0 Å². The van der Waals surface area contributed by atoms with E-state index in [4.69, 9.17) is 28.4 Å². The van der Waals surface area contributed by atoms with Crippen LogP contribution in [0.3, 0.4) is 0 Å². The summed E-state index contributed by atoms with van der Waals surface area (Å²) in [5.41, 5.74) is 5.25. The molecule has 2 unspecified atom stereocenters. The fraction of sp³-hybridized carbons (Fsp3) is 0.500. The van der Waals surface area contributed by atoms with Crippen LogP contribution in [0.4, 0.5) is 0 Å². The monoisotopic (exact) mass is 464 g/mol. The van der Waals surface area contributed by atoms with Gasteiger partial charge < -0.3 is 28.4 Å². The van der Waals surface area contributed by atoms with Gasteiger partial charge >= 0.3 is 0 Å². The highest BCUT2D eigenvalue weighted by Crippen LogP contribution is 2.81. The molecule has 0 N–H and O–H groups in total. The standard InChI is InChI=1S/C28H32O6/c1-2-6-22-21(5-1)25-23-7-3-4-8-24(23)27-19-33-17-15-31-13-11-29-9-10-30-12-14-32-16-18-34-20-28(25,27)26(22)27/h1-8H,9-20H2. The number of ether oxygens (including phenoxy) is 6. The van der Waals surface area contributed by atoms with E-state index in [9.17, 15) is 0 Å². The Labute approximate surface area is 200 Å². The van der Waals surface area contributed by atoms with Gasteiger partial charge in [-0.15, -0.1) is 0 Å². The van der Waals surface area contributed by atoms with Crippen LogP contribution in [-0.4, -0.2) is 79.3 Å². The molecule has 3 aliphatic carbocycles. The fourth-order valence-electron chi connectivity index (χ4n) is 6.26. The van der Waals surface area contributed by atoms with Crippen LogP contribution in [0.2, 0.25) is 0 Å². The summed E-state index contributed by atoms with van der Waals surface area (Å²) in [6.07, 6.45) is 0. The molecule has 6 rings (SSSR count). The van der Waals surface area contributed by atoms with Crippen LogP contribution in [0.25, 0.3) is 11.1 Å². The highest BCUT2D eigenvalue weighted by molar-refractivity contribution is 6.09. The molecule has 180 valence electrons. The largest absolute Gasteiger partial charge is 0.378 e. The van der Waals surface area contributed by atoms with E-state index in [-0.39, 0.29) is 10.8 Å². The quantitative estimate of drug-likeness (QED) is 0.588. The lowest BCUT2D eigenvalue weighted by molar-refractivity contribution is -0.0238. The Morgan fingerprint density at radius 2 is 0.941 bits per heavy atom. The van der Waals surface area contributed by atoms with E-state index < -0.39 is 0 Å². The fourth-order valence-corrected chi connectivity index (χ4v) is 6.26. The maximum Gasteiger partial charge on any atom is 0.0701 e. The Hall–Kier alpha value is -2.06. The minimum Gasteiger partial charge on any atom is -0.378 e. The second-order valence-corrected chi connectivity index (χ2v) is 9.21. The number of hydrogen-bond acceptors (Lipinski definition) is 6. The highest BCUT2D eigenvalue weighted by Gasteiger charge is 2.80. The summed E-state index contributed by atoms with van der Waals surface area (Å²) in [7, 11) is 0. The van der Waals surface area contributed by atoms with Crippen molar-refractivity contribution in [2.45, 2.75) is 5.41 Å². The lowest BCUT2D eigenvalue weighted by Crippen LogP contribution is -2.32. The number of fused-ring (bicyclic) bond motifs is 3. The van der Waals surface area contributed by atoms with Crippen molar-refractivity contribution < 1.29 is 28.4 Å². The molecule has 2 aromatic rings. The van der Waals surface area contributed by atoms with Crippen LogP contribution in [0, 0.1) is 5.41 Å². The van der Waals surface area contributed by atoms with Gasteiger partial charge in [0.05, 0.1) is 90.1 Å². The van der Waals surface area contributed by atoms with Crippen molar-refractivity contribution in [1.29, 1.82) is 0 Å². The normalized spacial score (nSPS) is 30.1. The first-order valence-electron chi connectivity index (χ1n) is 12.3. The van der Waals surface area contributed by atoms with Gasteiger partial charge in [-0.25, -0.2) is 0 Å². The molecule has 2 atom stereocenters. The average Bonchev–Trinajstić information content (AvgIpc) is 3.24. The van der Waals surface area contributed by atoms with Crippen LogP contribution in [0.5, 0.6) is 0 Å². The summed E-state index contributed by atoms with van der Waals surface area (Å²) < 4.78 is 35.1. The summed E-state index contributed by atoms with van der Waals surface area (Å²) in [6.45, 7) is 6.86. The first kappa shape index (κ1) is 22.4. The Morgan fingerprint density at radius 1 is 0.471 bits per heavy atom. The lowest BCUT2D eigenvalue weighted by Gasteiger charge is -2.20. The molecule has 4 aliphatic rings. The summed E-state index contributed by atoms with van der Waals surface area (Å²) in [5, 5.41) is 2.69. The predicted octanol–water partition coefficient (Wildman–Crippen LogP) is 1.41. The third-order valence-electron chi connectivity index (χ3n) is 7.57. The second kappa shape index (κ2) is 9.53. The van der Waals surface area contributed by atoms with Gasteiger partial charge in [-0.1, -0.05) is 48.5 Å². The first-order chi connectivity index (χ1) is 16.9. The third kappa shape index (κ3) is 3.40. The van der Waals surface area contributed by atoms with Gasteiger partial charge in [0, 0.05) is 0 Å². The molecule has 6 nitrogen and oxygen atoms in total. The van der Waals surface area contributed by atoms with Crippen molar-refractivity contribution in [1.82, 2.24) is 0 Å². The molecule has 0 bridgehead atoms. The van der Waals surface area contributed by atoms with E-state index in [1.54, 1.807) is 0 Å². The van der Waals surface area contributed by atoms with Crippen LogP contribution < -0.4 is 10.4 Å². The molecule has 2 aromatic carbocycles. The minimum absolute atomic E-state index is 0.154. The molecule has 1 spiro atoms. The van der Waals surface area contributed by atoms with Crippen LogP contribution in [0.15, 0.2) is 48.5 Å². The zero-order valence-electron chi connectivity index (χ0n) is 19.6. The third-order valence-corrected chi connectivity index (χ3v) is 7.57. The van der Waals surface area contributed by atoms with Gasteiger partial charge in [-0.2, -0.15) is 0 Å². The molecule has 0 amide bonds. The predicted molar refractivity (Wildman–Crippen MR) is 127 cm³/mol. The maximum atomic E-state index is 6.30. The zero-order chi connectivity index (χ0) is 22.8. The molecule has 1 aliphatic heterocycles. The number of rotatable bonds is 0. The van der Waals surface area contributed by atoms with E-state index in [0.29, 0.717) is 79.3 Å². The Kier molecular flexibility index (Phi) is 6.28. The van der Waals surface area contributed by atoms with Gasteiger partial charge in [-0.05, 0) is 32.7 Å². The summed E-state index contributed by atoms with van der Waals surface area (Å²) in [4.78, 5) is 0. The van der Waals surface area contributed by atoms with Gasteiger partial charge in [0.1, 0.15) is 0 Å². The van der Waals surface area contributed by atoms with Crippen LogP contribution in [0.1, 0.15) is 11.1 Å². The Bertz CT molecular complexity index is 1160. The zero-order valence-corrected chi connectivity index (χ0v) is 19.6. The van der Waals surface area contributed by atoms with Gasteiger partial charge in [0.15, 0.2) is 0 Å². The molecular weight excluding hydrogens is 432 g/mol. The summed E-state index contributed by atoms with van der Waals surface area (Å²) in [5.74, 6) is 0. The van der Waals surface area contributed by atoms with E-state index in [0.717, 1.165) is 0 Å². The van der Waals surface area contributed by atoms with Gasteiger partial charge in [0.2, 0.25) is 0 Å². The second-order valence-electron chi connectivity index (χ2n) is 9.21. The topological polar surface area (TPSA) is 55.4 Å². The van der Waals surface area contributed by atoms with Crippen molar-refractivity contribution in [3.8, 4) is 0 Å². The van der Waals surface area contributed by atoms with Crippen molar-refractivity contribution in [3.63, 3.8) is 0 Å². The molecule has 6 heteroatoms. The molecule has 0 aromatic heterocycles. The van der Waals surface area contributed by atoms with Gasteiger partial charge in [-0.3, -0.25) is 0 Å². The first-order valence-corrected chi connectivity index (χ1v) is 12.3. The minimum atomic E-state index is -0.161. The van der Waals surface area contributed by atoms with Crippen molar-refractivity contribution in [3.05, 3.63) is 70.1 Å². The van der Waals surface area contributed by atoms with Crippen molar-refractivity contribution >= 4 is 11.1 Å². The Morgan fingerprint density at radius 3 is 1.56 bits per heavy atom. The molecule has 1 saturated heterocycles. The van der Waals surface area contributed by atoms with Crippen LogP contribution in [-0.2, 0) is 33.8 Å². The molecule has 34 heavy (non-hydrogen) atoms. The molecule has 1 heterocycles. The molecule has 1 saturated carbocycles. The summed E-state index contributed by atoms with van der Waals surface area (Å²) >= 11 is 0. The number of benzene rings is 2. The highest BCUT2D eigenvalue weighted by atomic mass is 16.6. The van der Waals surface area contributed by atoms with E-state index in [2.05, 4.69) is 48.5 Å². The van der Waals surface area contributed by atoms with Crippen molar-refractivity contribution in [2.24, 2.45) is 5.41 Å². The molecule has 0 radical (unpaired) electrons. The van der Waals surface area contributed by atoms with Crippen LogP contribution >= 0.6 is 0 Å². The molecule has 2 fully saturated rings.